The van der Waals surface area contributed by atoms with Gasteiger partial charge >= 0.3 is 0 Å². The van der Waals surface area contributed by atoms with Crippen molar-refractivity contribution in [3.05, 3.63) is 11.8 Å². The molecule has 2 heterocycles. The molecular formula is C13H24O2Si. The maximum Gasteiger partial charge on any atom is 0.241 e. The van der Waals surface area contributed by atoms with Crippen LogP contribution in [0.25, 0.3) is 0 Å². The minimum absolute atomic E-state index is 0.0421. The third-order valence-corrected chi connectivity index (χ3v) is 4.59. The van der Waals surface area contributed by atoms with E-state index in [1.807, 2.05) is 0 Å². The van der Waals surface area contributed by atoms with Crippen LogP contribution < -0.4 is 0 Å². The topological polar surface area (TPSA) is 18.5 Å². The second kappa shape index (κ2) is 3.36. The van der Waals surface area contributed by atoms with Crippen molar-refractivity contribution in [2.24, 2.45) is 5.92 Å². The Morgan fingerprint density at radius 3 is 2.56 bits per heavy atom. The van der Waals surface area contributed by atoms with Crippen molar-refractivity contribution in [2.45, 2.75) is 64.5 Å². The summed E-state index contributed by atoms with van der Waals surface area (Å²) in [6, 6.07) is 0. The molecule has 0 spiro atoms. The number of hydrogen-bond acceptors (Lipinski definition) is 2. The van der Waals surface area contributed by atoms with Crippen molar-refractivity contribution in [1.82, 2.24) is 0 Å². The van der Waals surface area contributed by atoms with Gasteiger partial charge in [0.25, 0.3) is 0 Å². The Bertz CT molecular complexity index is 331. The average molecular weight is 240 g/mol. The lowest BCUT2D eigenvalue weighted by Crippen LogP contribution is -2.42. The molecule has 2 bridgehead atoms. The summed E-state index contributed by atoms with van der Waals surface area (Å²) in [7, 11) is -1.53. The van der Waals surface area contributed by atoms with Gasteiger partial charge in [0, 0.05) is 0 Å². The van der Waals surface area contributed by atoms with Crippen LogP contribution in [0.15, 0.2) is 11.8 Å². The monoisotopic (exact) mass is 240 g/mol. The molecule has 2 aliphatic rings. The van der Waals surface area contributed by atoms with Crippen molar-refractivity contribution >= 4 is 8.32 Å². The molecule has 1 saturated heterocycles. The summed E-state index contributed by atoms with van der Waals surface area (Å²) in [5, 5.41) is 0. The molecule has 3 atom stereocenters. The van der Waals surface area contributed by atoms with Crippen LogP contribution >= 0.6 is 0 Å². The Hall–Kier alpha value is -0.283. The fourth-order valence-corrected chi connectivity index (χ4v) is 3.84. The Morgan fingerprint density at radius 1 is 1.38 bits per heavy atom. The smallest absolute Gasteiger partial charge is 0.241 e. The first-order valence-corrected chi connectivity index (χ1v) is 9.65. The van der Waals surface area contributed by atoms with Crippen LogP contribution in [0.5, 0.6) is 0 Å². The Balaban J connectivity index is 2.28. The molecule has 0 amide bonds. The highest BCUT2D eigenvalue weighted by Gasteiger charge is 2.54. The fraction of sp³-hybridized carbons (Fsp3) is 0.846. The maximum absolute atomic E-state index is 6.27. The quantitative estimate of drug-likeness (QED) is 0.685. The zero-order valence-corrected chi connectivity index (χ0v) is 12.4. The van der Waals surface area contributed by atoms with E-state index in [2.05, 4.69) is 46.5 Å². The van der Waals surface area contributed by atoms with Crippen molar-refractivity contribution in [3.8, 4) is 0 Å². The summed E-state index contributed by atoms with van der Waals surface area (Å²) in [4.78, 5) is 0. The highest BCUT2D eigenvalue weighted by Crippen LogP contribution is 2.51. The summed E-state index contributed by atoms with van der Waals surface area (Å²) in [6.45, 7) is 13.4. The predicted molar refractivity (Wildman–Crippen MR) is 68.8 cm³/mol. The molecule has 0 unspecified atom stereocenters. The molecule has 0 radical (unpaired) electrons. The lowest BCUT2D eigenvalue weighted by atomic mass is 9.88. The lowest BCUT2D eigenvalue weighted by molar-refractivity contribution is -0.0981. The van der Waals surface area contributed by atoms with E-state index in [4.69, 9.17) is 9.16 Å². The van der Waals surface area contributed by atoms with Crippen LogP contribution in [0.4, 0.5) is 0 Å². The van der Waals surface area contributed by atoms with Crippen LogP contribution in [0.1, 0.15) is 33.6 Å². The lowest BCUT2D eigenvalue weighted by Gasteiger charge is -2.40. The van der Waals surface area contributed by atoms with E-state index in [-0.39, 0.29) is 11.2 Å². The minimum atomic E-state index is -1.53. The average Bonchev–Trinajstić information content (AvgIpc) is 2.26. The summed E-state index contributed by atoms with van der Waals surface area (Å²) in [6.07, 6.45) is 4.40. The predicted octanol–water partition coefficient (Wildman–Crippen LogP) is 3.70. The van der Waals surface area contributed by atoms with Gasteiger partial charge in [-0.3, -0.25) is 0 Å². The van der Waals surface area contributed by atoms with Crippen molar-refractivity contribution < 1.29 is 9.16 Å². The summed E-state index contributed by atoms with van der Waals surface area (Å²) >= 11 is 0. The second-order valence-electron chi connectivity index (χ2n) is 6.75. The second-order valence-corrected chi connectivity index (χ2v) is 11.2. The maximum atomic E-state index is 6.27. The molecule has 0 aromatic carbocycles. The molecule has 0 aromatic heterocycles. The molecule has 3 heteroatoms. The molecule has 92 valence electrons. The van der Waals surface area contributed by atoms with Crippen LogP contribution in [-0.4, -0.2) is 19.5 Å². The summed E-state index contributed by atoms with van der Waals surface area (Å²) in [5.41, 5.74) is -0.145. The van der Waals surface area contributed by atoms with Crippen molar-refractivity contribution in [3.63, 3.8) is 0 Å². The first kappa shape index (κ1) is 12.2. The summed E-state index contributed by atoms with van der Waals surface area (Å²) < 4.78 is 12.5. The normalized spacial score (nSPS) is 43.1. The van der Waals surface area contributed by atoms with Crippen LogP contribution in [0, 0.1) is 5.92 Å². The molecule has 0 aromatic rings. The molecule has 16 heavy (non-hydrogen) atoms. The van der Waals surface area contributed by atoms with Crippen LogP contribution in [0.2, 0.25) is 19.6 Å². The standard InChI is InChI=1S/C13H24O2Si/c1-10-9-12(2)8-7-11(13(10,3)15-12)14-16(4,5)6/h7,10H,8-9H2,1-6H3/t10-,12+,13+/m1/s1. The van der Waals surface area contributed by atoms with Gasteiger partial charge in [0.2, 0.25) is 8.32 Å². The zero-order chi connectivity index (χ0) is 12.2. The first-order chi connectivity index (χ1) is 7.15. The van der Waals surface area contributed by atoms with E-state index in [0.29, 0.717) is 5.92 Å². The van der Waals surface area contributed by atoms with E-state index in [9.17, 15) is 0 Å². The number of fused-ring (bicyclic) bond motifs is 2. The summed E-state index contributed by atoms with van der Waals surface area (Å²) in [5.74, 6) is 1.64. The van der Waals surface area contributed by atoms with Gasteiger partial charge in [-0.15, -0.1) is 0 Å². The van der Waals surface area contributed by atoms with Gasteiger partial charge < -0.3 is 9.16 Å². The highest BCUT2D eigenvalue weighted by molar-refractivity contribution is 6.70. The van der Waals surface area contributed by atoms with E-state index < -0.39 is 8.32 Å². The van der Waals surface area contributed by atoms with E-state index >= 15 is 0 Å². The zero-order valence-electron chi connectivity index (χ0n) is 11.4. The van der Waals surface area contributed by atoms with Crippen molar-refractivity contribution in [1.29, 1.82) is 0 Å². The van der Waals surface area contributed by atoms with Gasteiger partial charge in [-0.1, -0.05) is 6.92 Å². The van der Waals surface area contributed by atoms with Crippen LogP contribution in [-0.2, 0) is 9.16 Å². The number of hydrogen-bond donors (Lipinski definition) is 0. The van der Waals surface area contributed by atoms with Gasteiger partial charge in [-0.05, 0) is 58.3 Å². The van der Waals surface area contributed by atoms with Gasteiger partial charge in [-0.25, -0.2) is 0 Å². The van der Waals surface area contributed by atoms with Gasteiger partial charge in [0.05, 0.1) is 5.60 Å². The van der Waals surface area contributed by atoms with Gasteiger partial charge in [-0.2, -0.15) is 0 Å². The molecule has 0 aliphatic carbocycles. The molecule has 2 aliphatic heterocycles. The molecular weight excluding hydrogens is 216 g/mol. The Labute approximate surface area is 100 Å². The van der Waals surface area contributed by atoms with Gasteiger partial charge in [0.15, 0.2) is 0 Å². The fourth-order valence-electron chi connectivity index (χ4n) is 2.90. The molecule has 0 saturated carbocycles. The molecule has 2 nitrogen and oxygen atoms in total. The SMILES string of the molecule is C[C@@H]1C[C@]2(C)CC=C(O[Si](C)(C)C)[C@@]1(C)O2. The number of ether oxygens (including phenoxy) is 1. The van der Waals surface area contributed by atoms with E-state index in [0.717, 1.165) is 18.6 Å². The highest BCUT2D eigenvalue weighted by atomic mass is 28.4. The van der Waals surface area contributed by atoms with E-state index in [1.54, 1.807) is 0 Å². The molecule has 1 fully saturated rings. The first-order valence-electron chi connectivity index (χ1n) is 6.24. The van der Waals surface area contributed by atoms with Crippen molar-refractivity contribution in [2.75, 3.05) is 0 Å². The van der Waals surface area contributed by atoms with Crippen LogP contribution in [0.3, 0.4) is 0 Å². The Morgan fingerprint density at radius 2 is 2.00 bits per heavy atom. The third-order valence-electron chi connectivity index (χ3n) is 3.76. The van der Waals surface area contributed by atoms with E-state index in [1.165, 1.54) is 0 Å². The Kier molecular flexibility index (Phi) is 2.56. The third kappa shape index (κ3) is 1.95. The molecule has 0 N–H and O–H groups in total. The molecule has 2 rings (SSSR count). The number of rotatable bonds is 2. The minimum Gasteiger partial charge on any atom is -0.545 e. The largest absolute Gasteiger partial charge is 0.545 e. The van der Waals surface area contributed by atoms with Gasteiger partial charge in [0.1, 0.15) is 11.4 Å².